The van der Waals surface area contributed by atoms with E-state index in [1.807, 2.05) is 35.9 Å². The Balaban J connectivity index is 1.74. The van der Waals surface area contributed by atoms with Gasteiger partial charge in [0.15, 0.2) is 6.61 Å². The van der Waals surface area contributed by atoms with Gasteiger partial charge in [-0.05, 0) is 49.2 Å². The smallest absolute Gasteiger partial charge is 0.341 e. The Hall–Kier alpha value is -3.35. The molecule has 1 amide bonds. The van der Waals surface area contributed by atoms with Gasteiger partial charge < -0.3 is 19.7 Å². The van der Waals surface area contributed by atoms with Gasteiger partial charge in [0.05, 0.1) is 17.6 Å². The minimum atomic E-state index is -1.04. The lowest BCUT2D eigenvalue weighted by Crippen LogP contribution is -2.24. The Morgan fingerprint density at radius 1 is 1.19 bits per heavy atom. The first-order valence-electron chi connectivity index (χ1n) is 8.51. The Kier molecular flexibility index (Phi) is 5.12. The van der Waals surface area contributed by atoms with E-state index in [2.05, 4.69) is 10.3 Å². The molecule has 0 aliphatic rings. The molecule has 0 atom stereocenters. The van der Waals surface area contributed by atoms with Crippen LogP contribution in [0.3, 0.4) is 0 Å². The second kappa shape index (κ2) is 7.49. The second-order valence-electron chi connectivity index (χ2n) is 6.38. The quantitative estimate of drug-likeness (QED) is 0.698. The molecule has 0 spiro atoms. The van der Waals surface area contributed by atoms with Gasteiger partial charge in [-0.2, -0.15) is 0 Å². The molecular weight excluding hydrogens is 346 g/mol. The number of fused-ring (bicyclic) bond motifs is 1. The van der Waals surface area contributed by atoms with Crippen molar-refractivity contribution in [1.82, 2.24) is 14.9 Å². The summed E-state index contributed by atoms with van der Waals surface area (Å²) in [6.07, 6.45) is 0. The van der Waals surface area contributed by atoms with Crippen molar-refractivity contribution in [3.05, 3.63) is 58.9 Å². The van der Waals surface area contributed by atoms with Crippen LogP contribution in [0, 0.1) is 13.8 Å². The molecule has 140 valence electrons. The highest BCUT2D eigenvalue weighted by atomic mass is 16.5. The van der Waals surface area contributed by atoms with E-state index in [0.717, 1.165) is 16.9 Å². The van der Waals surface area contributed by atoms with Crippen LogP contribution >= 0.6 is 0 Å². The zero-order valence-corrected chi connectivity index (χ0v) is 15.4. The van der Waals surface area contributed by atoms with Gasteiger partial charge >= 0.3 is 5.97 Å². The molecule has 0 aliphatic carbocycles. The normalized spacial score (nSPS) is 10.8. The highest BCUT2D eigenvalue weighted by Crippen LogP contribution is 2.25. The first-order chi connectivity index (χ1) is 12.9. The maximum Gasteiger partial charge on any atom is 0.341 e. The maximum absolute atomic E-state index is 12.5. The van der Waals surface area contributed by atoms with E-state index < -0.39 is 12.6 Å². The summed E-state index contributed by atoms with van der Waals surface area (Å²) in [5, 5.41) is 11.6. The fourth-order valence-corrected chi connectivity index (χ4v) is 3.06. The number of carbonyl (C=O) groups is 2. The molecule has 0 aliphatic heterocycles. The molecule has 7 nitrogen and oxygen atoms in total. The summed E-state index contributed by atoms with van der Waals surface area (Å²) in [6, 6.07) is 11.2. The number of rotatable bonds is 6. The average molecular weight is 367 g/mol. The molecule has 3 rings (SSSR count). The standard InChI is InChI=1S/C20H21N3O4/c1-12-8-14(9-13(2)19(12)27-11-18(24)25)20(26)21-10-17-22-15-6-4-5-7-16(15)23(17)3/h4-9H,10-11H2,1-3H3,(H,21,26)(H,24,25). The van der Waals surface area contributed by atoms with Crippen LogP contribution in [0.25, 0.3) is 11.0 Å². The molecule has 3 aromatic rings. The van der Waals surface area contributed by atoms with Crippen LogP contribution in [-0.2, 0) is 18.4 Å². The summed E-state index contributed by atoms with van der Waals surface area (Å²) in [7, 11) is 1.92. The highest BCUT2D eigenvalue weighted by Gasteiger charge is 2.14. The molecule has 7 heteroatoms. The number of carboxylic acids is 1. The van der Waals surface area contributed by atoms with Gasteiger partial charge in [-0.1, -0.05) is 12.1 Å². The van der Waals surface area contributed by atoms with Crippen LogP contribution in [0.5, 0.6) is 5.75 Å². The van der Waals surface area contributed by atoms with E-state index in [-0.39, 0.29) is 5.91 Å². The van der Waals surface area contributed by atoms with Crippen LogP contribution in [0.4, 0.5) is 0 Å². The summed E-state index contributed by atoms with van der Waals surface area (Å²) in [5.41, 5.74) is 3.81. The van der Waals surface area contributed by atoms with Crippen molar-refractivity contribution >= 4 is 22.9 Å². The van der Waals surface area contributed by atoms with Crippen molar-refractivity contribution in [2.45, 2.75) is 20.4 Å². The number of nitrogens with zero attached hydrogens (tertiary/aromatic N) is 2. The van der Waals surface area contributed by atoms with Gasteiger partial charge in [0.1, 0.15) is 11.6 Å². The van der Waals surface area contributed by atoms with E-state index in [1.54, 1.807) is 26.0 Å². The van der Waals surface area contributed by atoms with Crippen molar-refractivity contribution < 1.29 is 19.4 Å². The van der Waals surface area contributed by atoms with Gasteiger partial charge in [0, 0.05) is 12.6 Å². The van der Waals surface area contributed by atoms with Gasteiger partial charge in [0.25, 0.3) is 5.91 Å². The minimum absolute atomic E-state index is 0.224. The summed E-state index contributed by atoms with van der Waals surface area (Å²) in [6.45, 7) is 3.46. The number of carboxylic acid groups (broad SMARTS) is 1. The zero-order valence-electron chi connectivity index (χ0n) is 15.4. The number of aromatic nitrogens is 2. The number of carbonyl (C=O) groups excluding carboxylic acids is 1. The number of hydrogen-bond acceptors (Lipinski definition) is 4. The van der Waals surface area contributed by atoms with E-state index in [4.69, 9.17) is 9.84 Å². The molecule has 0 unspecified atom stereocenters. The molecule has 0 fully saturated rings. The highest BCUT2D eigenvalue weighted by molar-refractivity contribution is 5.95. The minimum Gasteiger partial charge on any atom is -0.481 e. The Morgan fingerprint density at radius 3 is 2.48 bits per heavy atom. The Morgan fingerprint density at radius 2 is 1.85 bits per heavy atom. The number of amides is 1. The first kappa shape index (κ1) is 18.4. The molecular formula is C20H21N3O4. The number of ether oxygens (including phenoxy) is 1. The van der Waals surface area contributed by atoms with Crippen molar-refractivity contribution in [3.8, 4) is 5.75 Å². The van der Waals surface area contributed by atoms with Crippen LogP contribution in [0.2, 0.25) is 0 Å². The number of benzene rings is 2. The lowest BCUT2D eigenvalue weighted by atomic mass is 10.1. The summed E-state index contributed by atoms with van der Waals surface area (Å²) < 4.78 is 7.25. The number of imidazole rings is 1. The largest absolute Gasteiger partial charge is 0.481 e. The Bertz CT molecular complexity index is 1000. The van der Waals surface area contributed by atoms with Crippen LogP contribution in [0.1, 0.15) is 27.3 Å². The molecule has 0 saturated heterocycles. The third-order valence-corrected chi connectivity index (χ3v) is 4.35. The summed E-state index contributed by atoms with van der Waals surface area (Å²) in [5.74, 6) is -0.0141. The maximum atomic E-state index is 12.5. The fourth-order valence-electron chi connectivity index (χ4n) is 3.06. The molecule has 1 heterocycles. The SMILES string of the molecule is Cc1cc(C(=O)NCc2nc3ccccc3n2C)cc(C)c1OCC(=O)O. The van der Waals surface area contributed by atoms with Gasteiger partial charge in [0.2, 0.25) is 0 Å². The van der Waals surface area contributed by atoms with E-state index in [9.17, 15) is 9.59 Å². The number of nitrogens with one attached hydrogen (secondary N) is 1. The second-order valence-corrected chi connectivity index (χ2v) is 6.38. The lowest BCUT2D eigenvalue weighted by molar-refractivity contribution is -0.139. The van der Waals surface area contributed by atoms with E-state index in [0.29, 0.717) is 29.0 Å². The van der Waals surface area contributed by atoms with Crippen molar-refractivity contribution in [2.75, 3.05) is 6.61 Å². The number of hydrogen-bond donors (Lipinski definition) is 2. The first-order valence-corrected chi connectivity index (χ1v) is 8.51. The predicted molar refractivity (Wildman–Crippen MR) is 101 cm³/mol. The van der Waals surface area contributed by atoms with Crippen LogP contribution < -0.4 is 10.1 Å². The molecule has 27 heavy (non-hydrogen) atoms. The number of aryl methyl sites for hydroxylation is 3. The molecule has 1 aromatic heterocycles. The van der Waals surface area contributed by atoms with Gasteiger partial charge in [-0.15, -0.1) is 0 Å². The van der Waals surface area contributed by atoms with Gasteiger partial charge in [-0.25, -0.2) is 9.78 Å². The number of para-hydroxylation sites is 2. The third kappa shape index (κ3) is 3.92. The van der Waals surface area contributed by atoms with Crippen molar-refractivity contribution in [1.29, 1.82) is 0 Å². The molecule has 2 N–H and O–H groups in total. The lowest BCUT2D eigenvalue weighted by Gasteiger charge is -2.13. The molecule has 2 aromatic carbocycles. The summed E-state index contributed by atoms with van der Waals surface area (Å²) >= 11 is 0. The van der Waals surface area contributed by atoms with Crippen LogP contribution in [0.15, 0.2) is 36.4 Å². The molecule has 0 bridgehead atoms. The van der Waals surface area contributed by atoms with Crippen molar-refractivity contribution in [2.24, 2.45) is 7.05 Å². The van der Waals surface area contributed by atoms with E-state index >= 15 is 0 Å². The van der Waals surface area contributed by atoms with E-state index in [1.165, 1.54) is 0 Å². The van der Waals surface area contributed by atoms with Crippen molar-refractivity contribution in [3.63, 3.8) is 0 Å². The predicted octanol–water partition coefficient (Wildman–Crippen LogP) is 2.58. The van der Waals surface area contributed by atoms with Gasteiger partial charge in [-0.3, -0.25) is 4.79 Å². The molecule has 0 radical (unpaired) electrons. The zero-order chi connectivity index (χ0) is 19.6. The Labute approximate surface area is 156 Å². The molecule has 0 saturated carbocycles. The fraction of sp³-hybridized carbons (Fsp3) is 0.250. The average Bonchev–Trinajstić information content (AvgIpc) is 2.95. The number of aliphatic carboxylic acids is 1. The third-order valence-electron chi connectivity index (χ3n) is 4.35. The monoisotopic (exact) mass is 367 g/mol. The van der Waals surface area contributed by atoms with Crippen LogP contribution in [-0.4, -0.2) is 33.1 Å². The topological polar surface area (TPSA) is 93.5 Å². The summed E-state index contributed by atoms with van der Waals surface area (Å²) in [4.78, 5) is 27.8.